The van der Waals surface area contributed by atoms with Gasteiger partial charge in [-0.15, -0.1) is 0 Å². The molecule has 0 saturated carbocycles. The van der Waals surface area contributed by atoms with Crippen molar-refractivity contribution in [1.82, 2.24) is 10.3 Å². The van der Waals surface area contributed by atoms with E-state index < -0.39 is 0 Å². The number of nitrogen functional groups attached to an aromatic ring is 1. The number of aromatic nitrogens is 2. The second-order valence-corrected chi connectivity index (χ2v) is 5.51. The SMILES string of the molecule is Cc1cc(Nc2ccc(N)c3nonc23)cc(C)c1Br. The number of anilines is 3. The number of fused-ring (bicyclic) bond motifs is 1. The zero-order chi connectivity index (χ0) is 14.3. The lowest BCUT2D eigenvalue weighted by molar-refractivity contribution is 0.316. The summed E-state index contributed by atoms with van der Waals surface area (Å²) in [5.74, 6) is 0. The molecule has 3 N–H and O–H groups in total. The van der Waals surface area contributed by atoms with Crippen LogP contribution < -0.4 is 11.1 Å². The Labute approximate surface area is 124 Å². The summed E-state index contributed by atoms with van der Waals surface area (Å²) in [5.41, 5.74) is 11.7. The average Bonchev–Trinajstić information content (AvgIpc) is 2.89. The van der Waals surface area contributed by atoms with E-state index in [0.717, 1.165) is 27.0 Å². The molecule has 20 heavy (non-hydrogen) atoms. The van der Waals surface area contributed by atoms with Crippen molar-refractivity contribution in [3.63, 3.8) is 0 Å². The van der Waals surface area contributed by atoms with Gasteiger partial charge < -0.3 is 11.1 Å². The molecule has 0 atom stereocenters. The minimum atomic E-state index is 0.551. The summed E-state index contributed by atoms with van der Waals surface area (Å²) in [7, 11) is 0. The quantitative estimate of drug-likeness (QED) is 0.695. The zero-order valence-electron chi connectivity index (χ0n) is 11.1. The fourth-order valence-corrected chi connectivity index (χ4v) is 2.39. The summed E-state index contributed by atoms with van der Waals surface area (Å²) >= 11 is 3.56. The topological polar surface area (TPSA) is 77.0 Å². The molecular weight excluding hydrogens is 320 g/mol. The van der Waals surface area contributed by atoms with Crippen molar-refractivity contribution in [2.75, 3.05) is 11.1 Å². The first-order chi connectivity index (χ1) is 9.56. The van der Waals surface area contributed by atoms with Gasteiger partial charge in [-0.2, -0.15) is 0 Å². The van der Waals surface area contributed by atoms with E-state index in [4.69, 9.17) is 10.4 Å². The average molecular weight is 333 g/mol. The van der Waals surface area contributed by atoms with Crippen molar-refractivity contribution in [3.05, 3.63) is 39.9 Å². The largest absolute Gasteiger partial charge is 0.397 e. The fraction of sp³-hybridized carbons (Fsp3) is 0.143. The van der Waals surface area contributed by atoms with Gasteiger partial charge in [-0.05, 0) is 59.6 Å². The van der Waals surface area contributed by atoms with Crippen LogP contribution in [0.4, 0.5) is 17.1 Å². The van der Waals surface area contributed by atoms with E-state index in [0.29, 0.717) is 16.7 Å². The van der Waals surface area contributed by atoms with Gasteiger partial charge in [-0.3, -0.25) is 0 Å². The smallest absolute Gasteiger partial charge is 0.160 e. The lowest BCUT2D eigenvalue weighted by Gasteiger charge is -2.11. The molecule has 0 aliphatic rings. The maximum absolute atomic E-state index is 5.83. The highest BCUT2D eigenvalue weighted by atomic mass is 79.9. The molecule has 0 aliphatic carbocycles. The summed E-state index contributed by atoms with van der Waals surface area (Å²) in [6, 6.07) is 7.78. The third-order valence-electron chi connectivity index (χ3n) is 3.16. The van der Waals surface area contributed by atoms with Crippen molar-refractivity contribution < 1.29 is 4.63 Å². The molecule has 0 spiro atoms. The van der Waals surface area contributed by atoms with E-state index in [1.807, 2.05) is 6.07 Å². The highest BCUT2D eigenvalue weighted by molar-refractivity contribution is 9.10. The van der Waals surface area contributed by atoms with Gasteiger partial charge in [0.1, 0.15) is 0 Å². The van der Waals surface area contributed by atoms with Crippen LogP contribution in [0, 0.1) is 13.8 Å². The van der Waals surface area contributed by atoms with E-state index in [-0.39, 0.29) is 0 Å². The minimum Gasteiger partial charge on any atom is -0.397 e. The Bertz CT molecular complexity index is 774. The molecule has 0 radical (unpaired) electrons. The molecule has 1 heterocycles. The monoisotopic (exact) mass is 332 g/mol. The first kappa shape index (κ1) is 12.9. The fourth-order valence-electron chi connectivity index (χ4n) is 2.16. The Morgan fingerprint density at radius 2 is 1.75 bits per heavy atom. The molecule has 0 bridgehead atoms. The summed E-state index contributed by atoms with van der Waals surface area (Å²) < 4.78 is 5.88. The molecule has 3 aromatic rings. The highest BCUT2D eigenvalue weighted by Crippen LogP contribution is 2.30. The standard InChI is InChI=1S/C14H13BrN4O/c1-7-5-9(6-8(2)12(7)15)17-11-4-3-10(16)13-14(11)19-20-18-13/h3-6,17H,16H2,1-2H3. The zero-order valence-corrected chi connectivity index (χ0v) is 12.7. The van der Waals surface area contributed by atoms with Crippen LogP contribution in [0.5, 0.6) is 0 Å². The van der Waals surface area contributed by atoms with Gasteiger partial charge in [0.15, 0.2) is 11.0 Å². The lowest BCUT2D eigenvalue weighted by atomic mass is 10.1. The van der Waals surface area contributed by atoms with E-state index in [1.165, 1.54) is 0 Å². The number of benzene rings is 2. The number of hydrogen-bond donors (Lipinski definition) is 2. The van der Waals surface area contributed by atoms with E-state index >= 15 is 0 Å². The van der Waals surface area contributed by atoms with Crippen LogP contribution in [0.15, 0.2) is 33.4 Å². The molecule has 0 unspecified atom stereocenters. The second kappa shape index (κ2) is 4.79. The number of aryl methyl sites for hydroxylation is 2. The number of halogens is 1. The summed E-state index contributed by atoms with van der Waals surface area (Å²) in [6.07, 6.45) is 0. The van der Waals surface area contributed by atoms with Crippen LogP contribution >= 0.6 is 15.9 Å². The molecule has 102 valence electrons. The Kier molecular flexibility index (Phi) is 3.10. The predicted molar refractivity (Wildman–Crippen MR) is 83.1 cm³/mol. The highest BCUT2D eigenvalue weighted by Gasteiger charge is 2.11. The molecule has 0 aliphatic heterocycles. The first-order valence-electron chi connectivity index (χ1n) is 6.11. The second-order valence-electron chi connectivity index (χ2n) is 4.71. The molecule has 3 rings (SSSR count). The summed E-state index contributed by atoms with van der Waals surface area (Å²) in [5, 5.41) is 11.0. The van der Waals surface area contributed by atoms with Crippen molar-refractivity contribution in [2.45, 2.75) is 13.8 Å². The summed E-state index contributed by atoms with van der Waals surface area (Å²) in [6.45, 7) is 4.11. The van der Waals surface area contributed by atoms with Crippen LogP contribution in [0.1, 0.15) is 11.1 Å². The van der Waals surface area contributed by atoms with Crippen LogP contribution in [0.2, 0.25) is 0 Å². The minimum absolute atomic E-state index is 0.551. The van der Waals surface area contributed by atoms with Crippen LogP contribution in [-0.2, 0) is 0 Å². The van der Waals surface area contributed by atoms with Crippen molar-refractivity contribution in [1.29, 1.82) is 0 Å². The molecule has 2 aromatic carbocycles. The van der Waals surface area contributed by atoms with Crippen LogP contribution in [0.25, 0.3) is 11.0 Å². The molecule has 6 heteroatoms. The third kappa shape index (κ3) is 2.12. The van der Waals surface area contributed by atoms with E-state index in [1.54, 1.807) is 6.07 Å². The number of nitrogens with one attached hydrogen (secondary N) is 1. The molecule has 0 saturated heterocycles. The first-order valence-corrected chi connectivity index (χ1v) is 6.90. The lowest BCUT2D eigenvalue weighted by Crippen LogP contribution is -1.95. The van der Waals surface area contributed by atoms with Crippen LogP contribution in [0.3, 0.4) is 0 Å². The normalized spacial score (nSPS) is 10.9. The molecule has 1 aromatic heterocycles. The number of nitrogens with two attached hydrogens (primary N) is 1. The van der Waals surface area contributed by atoms with Gasteiger partial charge in [0, 0.05) is 10.2 Å². The van der Waals surface area contributed by atoms with Gasteiger partial charge in [0.25, 0.3) is 0 Å². The van der Waals surface area contributed by atoms with Crippen LogP contribution in [-0.4, -0.2) is 10.3 Å². The maximum atomic E-state index is 5.83. The number of nitrogens with zero attached hydrogens (tertiary/aromatic N) is 2. The third-order valence-corrected chi connectivity index (χ3v) is 4.41. The predicted octanol–water partition coefficient (Wildman–Crippen LogP) is 3.93. The van der Waals surface area contributed by atoms with Gasteiger partial charge in [-0.1, -0.05) is 15.9 Å². The number of hydrogen-bond acceptors (Lipinski definition) is 5. The van der Waals surface area contributed by atoms with Gasteiger partial charge in [0.2, 0.25) is 0 Å². The Balaban J connectivity index is 2.06. The molecular formula is C14H13BrN4O. The Morgan fingerprint density at radius 3 is 2.45 bits per heavy atom. The van der Waals surface area contributed by atoms with Crippen molar-refractivity contribution in [2.24, 2.45) is 0 Å². The Morgan fingerprint density at radius 1 is 1.10 bits per heavy atom. The number of rotatable bonds is 2. The maximum Gasteiger partial charge on any atom is 0.160 e. The van der Waals surface area contributed by atoms with Crippen molar-refractivity contribution in [3.8, 4) is 0 Å². The molecule has 5 nitrogen and oxygen atoms in total. The van der Waals surface area contributed by atoms with Gasteiger partial charge >= 0.3 is 0 Å². The van der Waals surface area contributed by atoms with E-state index in [9.17, 15) is 0 Å². The Hall–Kier alpha value is -2.08. The van der Waals surface area contributed by atoms with Gasteiger partial charge in [0.05, 0.1) is 11.4 Å². The summed E-state index contributed by atoms with van der Waals surface area (Å²) in [4.78, 5) is 0. The molecule has 0 fully saturated rings. The molecule has 0 amide bonds. The van der Waals surface area contributed by atoms with Crippen molar-refractivity contribution >= 4 is 44.0 Å². The van der Waals surface area contributed by atoms with E-state index in [2.05, 4.69) is 57.5 Å². The van der Waals surface area contributed by atoms with Gasteiger partial charge in [-0.25, -0.2) is 4.63 Å².